The molecule has 3 aromatic carbocycles. The summed E-state index contributed by atoms with van der Waals surface area (Å²) < 4.78 is 17.6. The third-order valence-electron chi connectivity index (χ3n) is 5.73. The topological polar surface area (TPSA) is 86.0 Å². The van der Waals surface area contributed by atoms with Crippen LogP contribution in [0.3, 0.4) is 0 Å². The van der Waals surface area contributed by atoms with Gasteiger partial charge in [-0.15, -0.1) is 0 Å². The molecule has 0 saturated heterocycles. The van der Waals surface area contributed by atoms with Crippen molar-refractivity contribution in [2.24, 2.45) is 0 Å². The highest BCUT2D eigenvalue weighted by Gasteiger charge is 2.48. The van der Waals surface area contributed by atoms with Gasteiger partial charge in [-0.2, -0.15) is 0 Å². The molecule has 0 saturated carbocycles. The van der Waals surface area contributed by atoms with Gasteiger partial charge in [0, 0.05) is 17.0 Å². The first-order valence-corrected chi connectivity index (χ1v) is 10.2. The highest BCUT2D eigenvalue weighted by atomic mass is 16.6. The van der Waals surface area contributed by atoms with Crippen LogP contribution in [-0.4, -0.2) is 23.6 Å². The normalized spacial score (nSPS) is 20.0. The van der Waals surface area contributed by atoms with E-state index in [1.807, 2.05) is 6.07 Å². The molecule has 2 unspecified atom stereocenters. The number of aliphatic hydroxyl groups is 1. The fourth-order valence-corrected chi connectivity index (χ4v) is 4.03. The smallest absolute Gasteiger partial charge is 0.336 e. The van der Waals surface area contributed by atoms with Gasteiger partial charge in [-0.1, -0.05) is 60.7 Å². The molecule has 1 N–H and O–H groups in total. The maximum absolute atomic E-state index is 13.6. The van der Waals surface area contributed by atoms with E-state index >= 15 is 0 Å². The first-order chi connectivity index (χ1) is 15.5. The van der Waals surface area contributed by atoms with Crippen molar-refractivity contribution >= 4 is 16.8 Å². The summed E-state index contributed by atoms with van der Waals surface area (Å²) in [5.74, 6) is -0.0196. The highest BCUT2D eigenvalue weighted by molar-refractivity contribution is 6.01. The van der Waals surface area contributed by atoms with Crippen LogP contribution < -0.4 is 15.1 Å². The van der Waals surface area contributed by atoms with Gasteiger partial charge >= 0.3 is 5.63 Å². The lowest BCUT2D eigenvalue weighted by atomic mass is 9.84. The fourth-order valence-electron chi connectivity index (χ4n) is 4.03. The van der Waals surface area contributed by atoms with Crippen molar-refractivity contribution in [2.45, 2.75) is 18.6 Å². The molecule has 0 amide bonds. The molecule has 1 aliphatic rings. The van der Waals surface area contributed by atoms with E-state index in [0.29, 0.717) is 22.1 Å². The van der Waals surface area contributed by atoms with Crippen LogP contribution in [0.4, 0.5) is 0 Å². The summed E-state index contributed by atoms with van der Waals surface area (Å²) in [7, 11) is 0. The second kappa shape index (κ2) is 7.66. The number of hydrogen-bond acceptors (Lipinski definition) is 6. The summed E-state index contributed by atoms with van der Waals surface area (Å²) in [5.41, 5.74) is -0.589. The molecule has 6 heteroatoms. The molecule has 0 aliphatic carbocycles. The van der Waals surface area contributed by atoms with Crippen molar-refractivity contribution in [3.05, 3.63) is 106 Å². The van der Waals surface area contributed by atoms with Crippen molar-refractivity contribution < 1.29 is 23.8 Å². The van der Waals surface area contributed by atoms with Crippen molar-refractivity contribution in [3.63, 3.8) is 0 Å². The molecule has 2 heterocycles. The summed E-state index contributed by atoms with van der Waals surface area (Å²) in [6.45, 7) is 1.56. The van der Waals surface area contributed by atoms with E-state index in [4.69, 9.17) is 13.9 Å². The molecule has 2 atom stereocenters. The van der Waals surface area contributed by atoms with Gasteiger partial charge in [-0.25, -0.2) is 4.79 Å². The molecule has 0 radical (unpaired) electrons. The Morgan fingerprint density at radius 3 is 2.41 bits per heavy atom. The maximum atomic E-state index is 13.6. The van der Waals surface area contributed by atoms with E-state index in [9.17, 15) is 14.7 Å². The number of ketones is 1. The van der Waals surface area contributed by atoms with Crippen LogP contribution in [0.25, 0.3) is 11.0 Å². The number of hydrogen-bond donors (Lipinski definition) is 1. The molecule has 0 fully saturated rings. The fraction of sp³-hybridized carbons (Fsp3) is 0.154. The van der Waals surface area contributed by atoms with Gasteiger partial charge in [0.15, 0.2) is 23.0 Å². The minimum Gasteiger partial charge on any atom is -0.486 e. The molecule has 0 bridgehead atoms. The maximum Gasteiger partial charge on any atom is 0.336 e. The van der Waals surface area contributed by atoms with Crippen LogP contribution in [0, 0.1) is 6.92 Å². The average molecular weight is 428 g/mol. The van der Waals surface area contributed by atoms with Crippen LogP contribution in [0.1, 0.15) is 21.5 Å². The van der Waals surface area contributed by atoms with E-state index in [2.05, 4.69) is 0 Å². The summed E-state index contributed by atoms with van der Waals surface area (Å²) in [4.78, 5) is 25.7. The molecular formula is C26H20O6. The largest absolute Gasteiger partial charge is 0.486 e. The first kappa shape index (κ1) is 20.0. The Morgan fingerprint density at radius 2 is 1.69 bits per heavy atom. The number of carbonyl (C=O) groups is 1. The van der Waals surface area contributed by atoms with E-state index in [1.54, 1.807) is 73.7 Å². The second-order valence-electron chi connectivity index (χ2n) is 7.83. The summed E-state index contributed by atoms with van der Waals surface area (Å²) in [5, 5.41) is 12.5. The second-order valence-corrected chi connectivity index (χ2v) is 7.83. The van der Waals surface area contributed by atoms with Gasteiger partial charge in [0.25, 0.3) is 0 Å². The molecule has 1 aliphatic heterocycles. The van der Waals surface area contributed by atoms with Gasteiger partial charge in [0.05, 0.1) is 0 Å². The van der Waals surface area contributed by atoms with E-state index in [-0.39, 0.29) is 23.7 Å². The lowest BCUT2D eigenvalue weighted by Gasteiger charge is -2.32. The average Bonchev–Trinajstić information content (AvgIpc) is 2.97. The summed E-state index contributed by atoms with van der Waals surface area (Å²) in [6.07, 6.45) is -1.34. The molecule has 4 aromatic rings. The van der Waals surface area contributed by atoms with Crippen LogP contribution in [0.15, 0.2) is 88.1 Å². The zero-order chi connectivity index (χ0) is 22.3. The predicted molar refractivity (Wildman–Crippen MR) is 118 cm³/mol. The van der Waals surface area contributed by atoms with Crippen LogP contribution in [0.5, 0.6) is 11.5 Å². The summed E-state index contributed by atoms with van der Waals surface area (Å²) in [6, 6.07) is 22.3. The number of fused-ring (bicyclic) bond motifs is 3. The van der Waals surface area contributed by atoms with Gasteiger partial charge in [-0.3, -0.25) is 4.79 Å². The Kier molecular flexibility index (Phi) is 4.79. The van der Waals surface area contributed by atoms with E-state index in [0.717, 1.165) is 0 Å². The monoisotopic (exact) mass is 428 g/mol. The van der Waals surface area contributed by atoms with E-state index < -0.39 is 23.1 Å². The van der Waals surface area contributed by atoms with Gasteiger partial charge in [-0.05, 0) is 30.2 Å². The van der Waals surface area contributed by atoms with E-state index in [1.165, 1.54) is 6.07 Å². The Bertz CT molecular complexity index is 1360. The minimum absolute atomic E-state index is 0.115. The molecule has 5 rings (SSSR count). The zero-order valence-electron chi connectivity index (χ0n) is 17.3. The lowest BCUT2D eigenvalue weighted by Crippen LogP contribution is -2.51. The van der Waals surface area contributed by atoms with Crippen LogP contribution >= 0.6 is 0 Å². The standard InChI is InChI=1S/C26H20O6/c1-16-14-21(27)31-23-19(16)12-13-20-24(23)32-25(22(28)17-8-4-2-5-9-17)26(29,15-30-20)18-10-6-3-7-11-18/h2-14,25,29H,15H2,1H3. The number of rotatable bonds is 3. The molecule has 6 nitrogen and oxygen atoms in total. The van der Waals surface area contributed by atoms with Crippen molar-refractivity contribution in [2.75, 3.05) is 6.61 Å². The van der Waals surface area contributed by atoms with Crippen LogP contribution in [0.2, 0.25) is 0 Å². The zero-order valence-corrected chi connectivity index (χ0v) is 17.3. The quantitative estimate of drug-likeness (QED) is 0.392. The Labute approximate surface area is 183 Å². The molecular weight excluding hydrogens is 408 g/mol. The molecule has 32 heavy (non-hydrogen) atoms. The number of ether oxygens (including phenoxy) is 2. The SMILES string of the molecule is Cc1cc(=O)oc2c3c(ccc12)OCC(O)(c1ccccc1)C(C(=O)c1ccccc1)O3. The van der Waals surface area contributed by atoms with Crippen molar-refractivity contribution in [3.8, 4) is 11.5 Å². The third kappa shape index (κ3) is 3.25. The molecule has 1 aromatic heterocycles. The molecule has 160 valence electrons. The highest BCUT2D eigenvalue weighted by Crippen LogP contribution is 2.43. The minimum atomic E-state index is -1.79. The number of aryl methyl sites for hydroxylation is 1. The Hall–Kier alpha value is -3.90. The summed E-state index contributed by atoms with van der Waals surface area (Å²) >= 11 is 0. The Balaban J connectivity index is 1.72. The lowest BCUT2D eigenvalue weighted by molar-refractivity contribution is -0.0676. The van der Waals surface area contributed by atoms with Crippen molar-refractivity contribution in [1.82, 2.24) is 0 Å². The van der Waals surface area contributed by atoms with Gasteiger partial charge in [0.1, 0.15) is 6.61 Å². The van der Waals surface area contributed by atoms with Gasteiger partial charge < -0.3 is 19.0 Å². The van der Waals surface area contributed by atoms with Crippen LogP contribution in [-0.2, 0) is 5.60 Å². The number of carbonyl (C=O) groups excluding carboxylic acids is 1. The van der Waals surface area contributed by atoms with Crippen molar-refractivity contribution in [1.29, 1.82) is 0 Å². The number of benzene rings is 3. The van der Waals surface area contributed by atoms with Gasteiger partial charge in [0.2, 0.25) is 11.5 Å². The molecule has 0 spiro atoms. The first-order valence-electron chi connectivity index (χ1n) is 10.2. The third-order valence-corrected chi connectivity index (χ3v) is 5.73. The Morgan fingerprint density at radius 1 is 1.00 bits per heavy atom. The predicted octanol–water partition coefficient (Wildman–Crippen LogP) is 4.01. The number of Topliss-reactive ketones (excluding diaryl/α,β-unsaturated/α-hetero) is 1.